The second-order valence-electron chi connectivity index (χ2n) is 25.2. The third-order valence-electron chi connectivity index (χ3n) is 13.8. The Morgan fingerprint density at radius 2 is 0.500 bits per heavy atom. The van der Waals surface area contributed by atoms with Crippen LogP contribution in [0, 0.1) is 47.5 Å². The lowest BCUT2D eigenvalue weighted by atomic mass is 10.1. The Bertz CT molecular complexity index is 2010. The van der Waals surface area contributed by atoms with Gasteiger partial charge >= 0.3 is 0 Å². The summed E-state index contributed by atoms with van der Waals surface area (Å²) in [5, 5.41) is 18.2. The van der Waals surface area contributed by atoms with E-state index in [2.05, 4.69) is 205 Å². The zero-order chi connectivity index (χ0) is 45.2. The molecule has 0 fully saturated rings. The van der Waals surface area contributed by atoms with Crippen LogP contribution in [-0.2, 0) is 0 Å². The normalized spacial score (nSPS) is 16.7. The lowest BCUT2D eigenvalue weighted by Crippen LogP contribution is -2.86. The lowest BCUT2D eigenvalue weighted by Gasteiger charge is -2.50. The maximum atomic E-state index is 2.71. The van der Waals surface area contributed by atoms with Gasteiger partial charge in [0.05, 0.1) is 48.4 Å². The fourth-order valence-corrected chi connectivity index (χ4v) is 43.2. The van der Waals surface area contributed by atoms with E-state index in [4.69, 9.17) is 0 Å². The molecule has 320 valence electrons. The van der Waals surface area contributed by atoms with Crippen molar-refractivity contribution < 1.29 is 0 Å². The molecule has 0 bridgehead atoms. The number of allylic oxidation sites excluding steroid dienone is 4. The highest BCUT2D eigenvalue weighted by atomic mass is 28.3. The van der Waals surface area contributed by atoms with Crippen LogP contribution in [0.5, 0.6) is 0 Å². The van der Waals surface area contributed by atoms with Gasteiger partial charge in [0, 0.05) is 0 Å². The van der Waals surface area contributed by atoms with Crippen molar-refractivity contribution in [1.82, 2.24) is 0 Å². The summed E-state index contributed by atoms with van der Waals surface area (Å²) in [6.45, 7) is 73.7. The number of hydrogen-bond donors (Lipinski definition) is 0. The summed E-state index contributed by atoms with van der Waals surface area (Å²) >= 11 is 0. The van der Waals surface area contributed by atoms with E-state index < -0.39 is 56.5 Å². The van der Waals surface area contributed by atoms with Crippen molar-refractivity contribution in [3.8, 4) is 0 Å². The quantitative estimate of drug-likeness (QED) is 0.141. The minimum Gasteiger partial charge on any atom is -0.0656 e. The Labute approximate surface area is 367 Å². The molecule has 0 radical (unpaired) electrons. The highest BCUT2D eigenvalue weighted by Gasteiger charge is 2.57. The predicted octanol–water partition coefficient (Wildman–Crippen LogP) is 10.1. The Morgan fingerprint density at radius 1 is 0.293 bits per heavy atom. The van der Waals surface area contributed by atoms with Gasteiger partial charge in [-0.15, -0.1) is 0 Å². The summed E-state index contributed by atoms with van der Waals surface area (Å²) in [4.78, 5) is 0. The van der Waals surface area contributed by atoms with Gasteiger partial charge in [0.2, 0.25) is 0 Å². The van der Waals surface area contributed by atoms with Crippen LogP contribution in [0.2, 0.25) is 118 Å². The molecule has 0 heterocycles. The van der Waals surface area contributed by atoms with E-state index in [1.165, 1.54) is 0 Å². The maximum absolute atomic E-state index is 3.19. The fourth-order valence-electron chi connectivity index (χ4n) is 12.3. The molecule has 0 spiro atoms. The van der Waals surface area contributed by atoms with Gasteiger partial charge in [-0.25, -0.2) is 0 Å². The van der Waals surface area contributed by atoms with Crippen molar-refractivity contribution in [2.24, 2.45) is 5.92 Å². The Kier molecular flexibility index (Phi) is 13.2. The molecule has 0 saturated heterocycles. The first kappa shape index (κ1) is 49.3. The van der Waals surface area contributed by atoms with Crippen LogP contribution >= 0.6 is 0 Å². The van der Waals surface area contributed by atoms with E-state index in [9.17, 15) is 0 Å². The summed E-state index contributed by atoms with van der Waals surface area (Å²) in [5.41, 5.74) is 14.2. The molecular weight excluding hydrogens is 809 g/mol. The van der Waals surface area contributed by atoms with Gasteiger partial charge in [0.15, 0.2) is 8.07 Å². The SMILES string of the molecule is CC1=C(C)C(C)C([Si](c2c(C)cc(C)c([Si](C)(C)C)c2[Si](C)(C)C)(c2c(C)cc(C)c([Si](C)(C)C)c2[Si](C)(C)C)c2c(C)cc(C)c([Si](C)(C)C)c2[Si](C)(C)C)=C1C. The summed E-state index contributed by atoms with van der Waals surface area (Å²) in [6, 6.07) is 8.14. The molecule has 1 aliphatic rings. The minimum atomic E-state index is -3.19. The third-order valence-corrected chi connectivity index (χ3v) is 33.6. The molecule has 3 aromatic carbocycles. The van der Waals surface area contributed by atoms with Crippen molar-refractivity contribution in [3.63, 3.8) is 0 Å². The average molecular weight is 898 g/mol. The third kappa shape index (κ3) is 8.19. The molecule has 1 unspecified atom stereocenters. The van der Waals surface area contributed by atoms with Crippen molar-refractivity contribution in [2.75, 3.05) is 0 Å². The first-order valence-electron chi connectivity index (χ1n) is 22.6. The number of aryl methyl sites for hydroxylation is 6. The van der Waals surface area contributed by atoms with Crippen LogP contribution in [0.1, 0.15) is 61.1 Å². The molecule has 0 N–H and O–H groups in total. The van der Waals surface area contributed by atoms with E-state index in [0.29, 0.717) is 5.92 Å². The molecule has 0 saturated carbocycles. The molecule has 7 heteroatoms. The van der Waals surface area contributed by atoms with E-state index in [1.807, 2.05) is 36.3 Å². The van der Waals surface area contributed by atoms with E-state index in [-0.39, 0.29) is 0 Å². The van der Waals surface area contributed by atoms with Gasteiger partial charge in [-0.3, -0.25) is 0 Å². The van der Waals surface area contributed by atoms with Crippen LogP contribution in [0.3, 0.4) is 0 Å². The highest BCUT2D eigenvalue weighted by Crippen LogP contribution is 2.42. The number of rotatable bonds is 10. The molecule has 1 aliphatic carbocycles. The van der Waals surface area contributed by atoms with E-state index >= 15 is 0 Å². The zero-order valence-corrected chi connectivity index (χ0v) is 50.3. The Hall–Kier alpha value is -1.34. The molecule has 3 aromatic rings. The first-order chi connectivity index (χ1) is 25.8. The summed E-state index contributed by atoms with van der Waals surface area (Å²) < 4.78 is 0. The minimum absolute atomic E-state index is 0.383. The van der Waals surface area contributed by atoms with Gasteiger partial charge in [0.25, 0.3) is 0 Å². The summed E-state index contributed by atoms with van der Waals surface area (Å²) in [7, 11) is -14.7. The summed E-state index contributed by atoms with van der Waals surface area (Å²) in [5.74, 6) is 0.383. The van der Waals surface area contributed by atoms with E-state index in [1.54, 1.807) is 65.7 Å². The molecule has 4 rings (SSSR count). The molecule has 0 aromatic heterocycles. The smallest absolute Gasteiger partial charge is 0.0656 e. The van der Waals surface area contributed by atoms with Gasteiger partial charge in [-0.2, -0.15) is 0 Å². The number of benzene rings is 3. The molecule has 58 heavy (non-hydrogen) atoms. The second-order valence-corrected chi connectivity index (χ2v) is 58.8. The molecule has 0 amide bonds. The summed E-state index contributed by atoms with van der Waals surface area (Å²) in [6.07, 6.45) is 0. The standard InChI is InChI=1S/C51H88Si7/c1-32-29-35(4)45(49(55(20,21)22)42(32)52(11,12)13)58(48-40(9)38(7)39(8)41(48)10,46-36(5)30-33(2)43(53(14,15)16)50(46)56(23,24)25)47-37(6)31-34(3)44(54(17,18)19)51(47)57(26,27)28/h29-31,40H,1-28H3. The first-order valence-corrected chi connectivity index (χ1v) is 45.6. The Balaban J connectivity index is 2.88. The highest BCUT2D eigenvalue weighted by molar-refractivity contribution is 7.24. The van der Waals surface area contributed by atoms with Crippen molar-refractivity contribution >= 4 is 103 Å². The topological polar surface area (TPSA) is 0 Å². The van der Waals surface area contributed by atoms with Crippen molar-refractivity contribution in [2.45, 2.75) is 187 Å². The molecule has 0 nitrogen and oxygen atoms in total. The fraction of sp³-hybridized carbons (Fsp3) is 0.569. The van der Waals surface area contributed by atoms with Gasteiger partial charge in [0.1, 0.15) is 0 Å². The molecule has 1 atom stereocenters. The van der Waals surface area contributed by atoms with E-state index in [0.717, 1.165) is 0 Å². The second kappa shape index (κ2) is 15.5. The molecule has 0 aliphatic heterocycles. The van der Waals surface area contributed by atoms with Crippen LogP contribution in [0.25, 0.3) is 0 Å². The van der Waals surface area contributed by atoms with Crippen LogP contribution in [0.15, 0.2) is 40.1 Å². The average Bonchev–Trinajstić information content (AvgIpc) is 3.17. The van der Waals surface area contributed by atoms with Crippen LogP contribution in [-0.4, -0.2) is 56.5 Å². The number of hydrogen-bond acceptors (Lipinski definition) is 0. The van der Waals surface area contributed by atoms with Crippen LogP contribution < -0.4 is 46.7 Å². The van der Waals surface area contributed by atoms with Crippen molar-refractivity contribution in [3.05, 3.63) is 73.5 Å². The lowest BCUT2D eigenvalue weighted by molar-refractivity contribution is 0.851. The zero-order valence-electron chi connectivity index (χ0n) is 43.3. The largest absolute Gasteiger partial charge is 0.176 e. The van der Waals surface area contributed by atoms with Gasteiger partial charge in [-0.1, -0.05) is 224 Å². The van der Waals surface area contributed by atoms with Crippen LogP contribution in [0.4, 0.5) is 0 Å². The Morgan fingerprint density at radius 3 is 0.672 bits per heavy atom. The molecular formula is C51H88Si7. The maximum Gasteiger partial charge on any atom is 0.176 e. The van der Waals surface area contributed by atoms with Gasteiger partial charge in [-0.05, 0) is 89.4 Å². The van der Waals surface area contributed by atoms with Crippen molar-refractivity contribution in [1.29, 1.82) is 0 Å². The van der Waals surface area contributed by atoms with Gasteiger partial charge < -0.3 is 0 Å². The monoisotopic (exact) mass is 897 g/mol. The predicted molar refractivity (Wildman–Crippen MR) is 291 cm³/mol.